The minimum atomic E-state index is -0.281. The van der Waals surface area contributed by atoms with Gasteiger partial charge in [-0.2, -0.15) is 4.98 Å². The zero-order chi connectivity index (χ0) is 16.2. The van der Waals surface area contributed by atoms with Crippen LogP contribution < -0.4 is 16.7 Å². The Hall–Kier alpha value is -2.38. The molecular weight excluding hydrogens is 316 g/mol. The lowest BCUT2D eigenvalue weighted by Gasteiger charge is -2.06. The van der Waals surface area contributed by atoms with E-state index in [9.17, 15) is 4.79 Å². The number of benzene rings is 1. The molecular formula is C15H17ClN6O. The Kier molecular flexibility index (Phi) is 4.59. The van der Waals surface area contributed by atoms with Crippen LogP contribution in [0.1, 0.15) is 12.8 Å². The average Bonchev–Trinajstić information content (AvgIpc) is 2.86. The lowest BCUT2D eigenvalue weighted by Crippen LogP contribution is -2.15. The molecule has 0 amide bonds. The van der Waals surface area contributed by atoms with Crippen molar-refractivity contribution in [1.29, 1.82) is 0 Å². The maximum Gasteiger partial charge on any atom is 0.332 e. The second-order valence-electron chi connectivity index (χ2n) is 5.10. The second-order valence-corrected chi connectivity index (χ2v) is 5.54. The molecule has 0 bridgehead atoms. The molecule has 7 nitrogen and oxygen atoms in total. The van der Waals surface area contributed by atoms with Crippen LogP contribution >= 0.6 is 11.6 Å². The molecule has 0 atom stereocenters. The van der Waals surface area contributed by atoms with E-state index in [1.54, 1.807) is 30.5 Å². The van der Waals surface area contributed by atoms with Crippen molar-refractivity contribution in [1.82, 2.24) is 19.5 Å². The quantitative estimate of drug-likeness (QED) is 0.598. The van der Waals surface area contributed by atoms with Crippen molar-refractivity contribution >= 4 is 28.7 Å². The fourth-order valence-electron chi connectivity index (χ4n) is 2.31. The molecule has 0 aliphatic rings. The van der Waals surface area contributed by atoms with E-state index in [1.807, 2.05) is 0 Å². The molecule has 1 aromatic carbocycles. The topological polar surface area (TPSA) is 102 Å². The smallest absolute Gasteiger partial charge is 0.332 e. The molecule has 0 saturated heterocycles. The number of nitrogens with one attached hydrogen (secondary N) is 2. The summed E-state index contributed by atoms with van der Waals surface area (Å²) in [5.41, 5.74) is 6.92. The highest BCUT2D eigenvalue weighted by Gasteiger charge is 2.12. The van der Waals surface area contributed by atoms with Crippen molar-refractivity contribution in [3.8, 4) is 5.69 Å². The van der Waals surface area contributed by atoms with Crippen LogP contribution in [0.15, 0.2) is 35.3 Å². The van der Waals surface area contributed by atoms with Crippen LogP contribution in [-0.4, -0.2) is 32.6 Å². The molecule has 4 N–H and O–H groups in total. The van der Waals surface area contributed by atoms with E-state index in [0.29, 0.717) is 34.4 Å². The monoisotopic (exact) mass is 332 g/mol. The highest BCUT2D eigenvalue weighted by Crippen LogP contribution is 2.17. The van der Waals surface area contributed by atoms with Gasteiger partial charge in [0.25, 0.3) is 0 Å². The molecule has 0 spiro atoms. The first-order valence-corrected chi connectivity index (χ1v) is 7.74. The van der Waals surface area contributed by atoms with Gasteiger partial charge in [-0.25, -0.2) is 14.3 Å². The van der Waals surface area contributed by atoms with E-state index in [4.69, 9.17) is 17.3 Å². The van der Waals surface area contributed by atoms with Crippen molar-refractivity contribution in [3.63, 3.8) is 0 Å². The highest BCUT2D eigenvalue weighted by molar-refractivity contribution is 6.30. The first kappa shape index (κ1) is 15.5. The molecule has 120 valence electrons. The predicted octanol–water partition coefficient (Wildman–Crippen LogP) is 1.91. The summed E-state index contributed by atoms with van der Waals surface area (Å²) in [5, 5.41) is 3.69. The van der Waals surface area contributed by atoms with E-state index in [0.717, 1.165) is 19.4 Å². The molecule has 0 unspecified atom stereocenters. The van der Waals surface area contributed by atoms with Crippen LogP contribution in [-0.2, 0) is 0 Å². The maximum absolute atomic E-state index is 12.2. The van der Waals surface area contributed by atoms with Crippen molar-refractivity contribution in [3.05, 3.63) is 46.0 Å². The van der Waals surface area contributed by atoms with Gasteiger partial charge in [-0.15, -0.1) is 0 Å². The lowest BCUT2D eigenvalue weighted by molar-refractivity contribution is 0.770. The number of hydrogen-bond donors (Lipinski definition) is 3. The third kappa shape index (κ3) is 3.35. The molecule has 0 radical (unpaired) electrons. The Morgan fingerprint density at radius 1 is 1.35 bits per heavy atom. The van der Waals surface area contributed by atoms with Crippen molar-refractivity contribution in [2.45, 2.75) is 12.8 Å². The summed E-state index contributed by atoms with van der Waals surface area (Å²) in [5.74, 6) is 0.476. The van der Waals surface area contributed by atoms with Gasteiger partial charge < -0.3 is 16.0 Å². The van der Waals surface area contributed by atoms with Gasteiger partial charge in [0.1, 0.15) is 5.52 Å². The summed E-state index contributed by atoms with van der Waals surface area (Å²) < 4.78 is 1.48. The standard InChI is InChI=1S/C15H17ClN6O/c16-10-4-3-5-11(8-10)22-13-12(20-15(22)23)9-19-14(21-13)18-7-2-1-6-17/h3-5,8-9H,1-2,6-7,17H2,(H,20,23)(H,18,19,21). The molecule has 2 heterocycles. The first-order chi connectivity index (χ1) is 11.2. The summed E-state index contributed by atoms with van der Waals surface area (Å²) in [6.07, 6.45) is 3.47. The fraction of sp³-hybridized carbons (Fsp3) is 0.267. The SMILES string of the molecule is NCCCCNc1ncc2[nH]c(=O)n(-c3cccc(Cl)c3)c2n1. The van der Waals surface area contributed by atoms with Gasteiger partial charge in [-0.05, 0) is 37.6 Å². The molecule has 3 rings (SSSR count). The molecule has 23 heavy (non-hydrogen) atoms. The number of aromatic amines is 1. The first-order valence-electron chi connectivity index (χ1n) is 7.36. The number of unbranched alkanes of at least 4 members (excludes halogenated alkanes) is 1. The van der Waals surface area contributed by atoms with E-state index in [2.05, 4.69) is 20.3 Å². The minimum Gasteiger partial charge on any atom is -0.354 e. The summed E-state index contributed by atoms with van der Waals surface area (Å²) in [4.78, 5) is 23.6. The Balaban J connectivity index is 1.97. The number of H-pyrrole nitrogens is 1. The van der Waals surface area contributed by atoms with E-state index in [-0.39, 0.29) is 5.69 Å². The van der Waals surface area contributed by atoms with Crippen LogP contribution in [0, 0.1) is 0 Å². The van der Waals surface area contributed by atoms with Crippen LogP contribution in [0.25, 0.3) is 16.9 Å². The number of anilines is 1. The number of hydrogen-bond acceptors (Lipinski definition) is 5. The predicted molar refractivity (Wildman–Crippen MR) is 91.3 cm³/mol. The number of halogens is 1. The van der Waals surface area contributed by atoms with E-state index >= 15 is 0 Å². The molecule has 8 heteroatoms. The summed E-state index contributed by atoms with van der Waals surface area (Å²) in [7, 11) is 0. The average molecular weight is 333 g/mol. The third-order valence-electron chi connectivity index (χ3n) is 3.41. The second kappa shape index (κ2) is 6.80. The van der Waals surface area contributed by atoms with Gasteiger partial charge in [0.05, 0.1) is 11.9 Å². The zero-order valence-electron chi connectivity index (χ0n) is 12.4. The van der Waals surface area contributed by atoms with Gasteiger partial charge in [0.2, 0.25) is 5.95 Å². The summed E-state index contributed by atoms with van der Waals surface area (Å²) in [6.45, 7) is 1.39. The van der Waals surface area contributed by atoms with Gasteiger partial charge in [0.15, 0.2) is 5.65 Å². The number of nitrogens with zero attached hydrogens (tertiary/aromatic N) is 3. The molecule has 3 aromatic rings. The Bertz CT molecular complexity index is 872. The molecule has 0 aliphatic carbocycles. The third-order valence-corrected chi connectivity index (χ3v) is 3.64. The van der Waals surface area contributed by atoms with Crippen LogP contribution in [0.5, 0.6) is 0 Å². The van der Waals surface area contributed by atoms with Gasteiger partial charge >= 0.3 is 5.69 Å². The number of aromatic nitrogens is 4. The van der Waals surface area contributed by atoms with Crippen LogP contribution in [0.3, 0.4) is 0 Å². The number of rotatable bonds is 6. The summed E-state index contributed by atoms with van der Waals surface area (Å²) in [6, 6.07) is 7.06. The number of imidazole rings is 1. The summed E-state index contributed by atoms with van der Waals surface area (Å²) >= 11 is 6.01. The zero-order valence-corrected chi connectivity index (χ0v) is 13.2. The fourth-order valence-corrected chi connectivity index (χ4v) is 2.49. The van der Waals surface area contributed by atoms with E-state index < -0.39 is 0 Å². The Morgan fingerprint density at radius 2 is 2.22 bits per heavy atom. The highest BCUT2D eigenvalue weighted by atomic mass is 35.5. The molecule has 2 aromatic heterocycles. The minimum absolute atomic E-state index is 0.281. The van der Waals surface area contributed by atoms with Crippen molar-refractivity contribution in [2.75, 3.05) is 18.4 Å². The van der Waals surface area contributed by atoms with Gasteiger partial charge in [-0.1, -0.05) is 17.7 Å². The van der Waals surface area contributed by atoms with Crippen LogP contribution in [0.4, 0.5) is 5.95 Å². The molecule has 0 saturated carbocycles. The van der Waals surface area contributed by atoms with Crippen LogP contribution in [0.2, 0.25) is 5.02 Å². The Labute approximate surface area is 137 Å². The van der Waals surface area contributed by atoms with E-state index in [1.165, 1.54) is 4.57 Å². The van der Waals surface area contributed by atoms with Crippen molar-refractivity contribution < 1.29 is 0 Å². The van der Waals surface area contributed by atoms with Gasteiger partial charge in [-0.3, -0.25) is 0 Å². The Morgan fingerprint density at radius 3 is 3.00 bits per heavy atom. The van der Waals surface area contributed by atoms with Crippen molar-refractivity contribution in [2.24, 2.45) is 5.73 Å². The normalized spacial score (nSPS) is 11.0. The molecule has 0 aliphatic heterocycles. The van der Waals surface area contributed by atoms with Gasteiger partial charge in [0, 0.05) is 11.6 Å². The number of nitrogens with two attached hydrogens (primary N) is 1. The lowest BCUT2D eigenvalue weighted by atomic mass is 10.3. The number of fused-ring (bicyclic) bond motifs is 1. The maximum atomic E-state index is 12.2. The molecule has 0 fully saturated rings. The largest absolute Gasteiger partial charge is 0.354 e.